The van der Waals surface area contributed by atoms with E-state index in [9.17, 15) is 8.42 Å². The predicted octanol–water partition coefficient (Wildman–Crippen LogP) is 7.71. The Hall–Kier alpha value is -3.22. The van der Waals surface area contributed by atoms with Gasteiger partial charge in [-0.05, 0) is 72.6 Å². The van der Waals surface area contributed by atoms with Crippen LogP contribution in [0, 0.1) is 12.7 Å². The van der Waals surface area contributed by atoms with E-state index in [0.717, 1.165) is 58.9 Å². The van der Waals surface area contributed by atoms with Gasteiger partial charge in [0.15, 0.2) is 10.9 Å². The Balaban J connectivity index is 1.21. The summed E-state index contributed by atoms with van der Waals surface area (Å²) in [4.78, 5) is 3.72. The fourth-order valence-electron chi connectivity index (χ4n) is 6.51. The average Bonchev–Trinajstić information content (AvgIpc) is 3.76. The highest BCUT2D eigenvalue weighted by molar-refractivity contribution is 7.93. The monoisotopic (exact) mass is 685 g/mol. The maximum Gasteiger partial charge on any atom is 0.269 e. The Morgan fingerprint density at radius 3 is 2.46 bits per heavy atom. The molecule has 0 atom stereocenters. The lowest BCUT2D eigenvalue weighted by Crippen LogP contribution is -2.43. The first-order valence-corrected chi connectivity index (χ1v) is 18.0. The van der Waals surface area contributed by atoms with Gasteiger partial charge >= 0.3 is 0 Å². The second-order valence-corrected chi connectivity index (χ2v) is 14.9. The van der Waals surface area contributed by atoms with E-state index >= 15 is 4.39 Å². The molecule has 2 aliphatic rings. The molecule has 1 spiro atoms. The topological polar surface area (TPSA) is 90.0 Å². The van der Waals surface area contributed by atoms with Crippen LogP contribution in [-0.4, -0.2) is 46.1 Å². The van der Waals surface area contributed by atoms with Crippen molar-refractivity contribution in [2.75, 3.05) is 36.5 Å². The molecule has 1 aliphatic carbocycles. The molecular weight excluding hydrogens is 649 g/mol. The fourth-order valence-corrected chi connectivity index (χ4v) is 9.15. The normalized spacial score (nSPS) is 17.2. The van der Waals surface area contributed by atoms with Crippen molar-refractivity contribution >= 4 is 43.8 Å². The number of methoxy groups -OCH3 is 1. The van der Waals surface area contributed by atoms with Crippen LogP contribution in [0.4, 0.5) is 15.2 Å². The molecule has 1 aromatic heterocycles. The third kappa shape index (κ3) is 6.61. The number of anilines is 2. The second-order valence-electron chi connectivity index (χ2n) is 11.8. The number of sulfonamides is 1. The largest absolute Gasteiger partial charge is 0.497 e. The predicted molar refractivity (Wildman–Crippen MR) is 179 cm³/mol. The zero-order chi connectivity index (χ0) is 32.4. The van der Waals surface area contributed by atoms with Crippen LogP contribution in [-0.2, 0) is 31.5 Å². The third-order valence-corrected chi connectivity index (χ3v) is 12.1. The van der Waals surface area contributed by atoms with E-state index in [2.05, 4.69) is 22.4 Å². The molecule has 244 valence electrons. The van der Waals surface area contributed by atoms with Gasteiger partial charge in [-0.2, -0.15) is 0 Å². The number of aryl methyl sites for hydroxylation is 1. The van der Waals surface area contributed by atoms with Gasteiger partial charge in [-0.1, -0.05) is 48.0 Å². The van der Waals surface area contributed by atoms with E-state index in [4.69, 9.17) is 25.8 Å². The number of hydrogen-bond donors (Lipinski definition) is 1. The van der Waals surface area contributed by atoms with Crippen LogP contribution >= 0.6 is 22.9 Å². The summed E-state index contributed by atoms with van der Waals surface area (Å²) in [6, 6.07) is 18.1. The van der Waals surface area contributed by atoms with Gasteiger partial charge in [-0.3, -0.25) is 0 Å². The van der Waals surface area contributed by atoms with E-state index < -0.39 is 26.5 Å². The molecule has 1 N–H and O–H groups in total. The molecule has 1 aliphatic heterocycles. The summed E-state index contributed by atoms with van der Waals surface area (Å²) >= 11 is 7.79. The van der Waals surface area contributed by atoms with Gasteiger partial charge in [-0.25, -0.2) is 22.1 Å². The lowest BCUT2D eigenvalue weighted by atomic mass is 9.66. The number of ether oxygens (including phenoxy) is 3. The molecular formula is C34H37ClFN3O5S2. The Morgan fingerprint density at radius 1 is 1.07 bits per heavy atom. The molecule has 2 heterocycles. The molecule has 3 aromatic carbocycles. The van der Waals surface area contributed by atoms with Crippen molar-refractivity contribution < 1.29 is 27.0 Å². The van der Waals surface area contributed by atoms with E-state index in [1.165, 1.54) is 23.9 Å². The van der Waals surface area contributed by atoms with Crippen LogP contribution in [0.3, 0.4) is 0 Å². The van der Waals surface area contributed by atoms with Gasteiger partial charge in [0.2, 0.25) is 0 Å². The molecule has 0 bridgehead atoms. The summed E-state index contributed by atoms with van der Waals surface area (Å²) in [5.74, 6) is -0.726. The molecule has 0 amide bonds. The number of hydrogen-bond acceptors (Lipinski definition) is 8. The Labute approximate surface area is 278 Å². The van der Waals surface area contributed by atoms with Crippen molar-refractivity contribution in [1.82, 2.24) is 4.98 Å². The van der Waals surface area contributed by atoms with Gasteiger partial charge < -0.3 is 19.5 Å². The molecule has 0 unspecified atom stereocenters. The summed E-state index contributed by atoms with van der Waals surface area (Å²) in [6.45, 7) is 3.58. The molecule has 0 radical (unpaired) electrons. The average molecular weight is 686 g/mol. The minimum Gasteiger partial charge on any atom is -0.497 e. The van der Waals surface area contributed by atoms with Crippen LogP contribution < -0.4 is 14.4 Å². The first-order valence-electron chi connectivity index (χ1n) is 15.3. The molecule has 1 saturated heterocycles. The molecule has 4 aromatic rings. The first kappa shape index (κ1) is 32.7. The lowest BCUT2D eigenvalue weighted by molar-refractivity contribution is -0.185. The Morgan fingerprint density at radius 2 is 1.80 bits per heavy atom. The quantitative estimate of drug-likeness (QED) is 0.173. The smallest absolute Gasteiger partial charge is 0.269 e. The van der Waals surface area contributed by atoms with Crippen LogP contribution in [0.5, 0.6) is 5.75 Å². The number of halogens is 2. The fraction of sp³-hybridized carbons (Fsp3) is 0.382. The first-order chi connectivity index (χ1) is 22.1. The van der Waals surface area contributed by atoms with Crippen molar-refractivity contribution in [3.63, 3.8) is 0 Å². The van der Waals surface area contributed by atoms with Gasteiger partial charge in [0.25, 0.3) is 10.0 Å². The van der Waals surface area contributed by atoms with Crippen molar-refractivity contribution in [2.24, 2.45) is 0 Å². The van der Waals surface area contributed by atoms with E-state index in [-0.39, 0.29) is 22.1 Å². The zero-order valence-corrected chi connectivity index (χ0v) is 28.2. The maximum atomic E-state index is 15.8. The standard InChI is InChI=1S/C34H37ClFN3O5S2/c1-24-20-27(42-2)9-8-25(24)23-39(32-38-16-19-45-32)46(40,41)31-21-28(35)30(22-29(31)36)37-15-14-33(26-6-4-3-5-7-26)10-12-34(13-11-33)43-17-18-44-34/h3-9,16,19-22,37H,10-15,17-18,23H2,1-2H3. The highest BCUT2D eigenvalue weighted by Crippen LogP contribution is 2.48. The van der Waals surface area contributed by atoms with Gasteiger partial charge in [0.05, 0.1) is 37.6 Å². The van der Waals surface area contributed by atoms with Crippen LogP contribution in [0.2, 0.25) is 5.02 Å². The number of thiazole rings is 1. The number of benzene rings is 3. The molecule has 1 saturated carbocycles. The number of aromatic nitrogens is 1. The molecule has 6 rings (SSSR count). The van der Waals surface area contributed by atoms with Crippen molar-refractivity contribution in [3.8, 4) is 5.75 Å². The van der Waals surface area contributed by atoms with Crippen molar-refractivity contribution in [1.29, 1.82) is 0 Å². The summed E-state index contributed by atoms with van der Waals surface area (Å²) in [5.41, 5.74) is 3.03. The molecule has 12 heteroatoms. The molecule has 8 nitrogen and oxygen atoms in total. The SMILES string of the molecule is COc1ccc(CN(c2nccs2)S(=O)(=O)c2cc(Cl)c(NCCC3(c4ccccc4)CCC4(CC3)OCCO4)cc2F)c(C)c1. The number of rotatable bonds is 11. The van der Waals surface area contributed by atoms with Gasteiger partial charge in [0, 0.05) is 31.0 Å². The molecule has 46 heavy (non-hydrogen) atoms. The maximum absolute atomic E-state index is 15.8. The van der Waals surface area contributed by atoms with Gasteiger partial charge in [-0.15, -0.1) is 11.3 Å². The van der Waals surface area contributed by atoms with Crippen LogP contribution in [0.15, 0.2) is 77.1 Å². The van der Waals surface area contributed by atoms with Gasteiger partial charge in [0.1, 0.15) is 16.5 Å². The second kappa shape index (κ2) is 13.5. The minimum atomic E-state index is -4.38. The van der Waals surface area contributed by atoms with Crippen molar-refractivity contribution in [3.05, 3.63) is 99.8 Å². The molecule has 2 fully saturated rings. The van der Waals surface area contributed by atoms with Crippen LogP contribution in [0.1, 0.15) is 48.8 Å². The summed E-state index contributed by atoms with van der Waals surface area (Å²) in [5, 5.41) is 5.30. The van der Waals surface area contributed by atoms with E-state index in [0.29, 0.717) is 31.2 Å². The Bertz CT molecular complexity index is 1760. The third-order valence-electron chi connectivity index (χ3n) is 9.17. The lowest BCUT2D eigenvalue weighted by Gasteiger charge is -2.44. The summed E-state index contributed by atoms with van der Waals surface area (Å²) in [7, 11) is -2.81. The van der Waals surface area contributed by atoms with E-state index in [1.54, 1.807) is 24.6 Å². The number of nitrogens with one attached hydrogen (secondary N) is 1. The zero-order valence-electron chi connectivity index (χ0n) is 25.8. The highest BCUT2D eigenvalue weighted by Gasteiger charge is 2.46. The summed E-state index contributed by atoms with van der Waals surface area (Å²) in [6.07, 6.45) is 5.66. The van der Waals surface area contributed by atoms with Crippen molar-refractivity contribution in [2.45, 2.75) is 61.7 Å². The van der Waals surface area contributed by atoms with Crippen LogP contribution in [0.25, 0.3) is 0 Å². The summed E-state index contributed by atoms with van der Waals surface area (Å²) < 4.78 is 62.2. The van der Waals surface area contributed by atoms with E-state index in [1.807, 2.05) is 31.2 Å². The minimum absolute atomic E-state index is 0.0400. The Kier molecular flexibility index (Phi) is 9.59. The highest BCUT2D eigenvalue weighted by atomic mass is 35.5. The number of nitrogens with zero attached hydrogens (tertiary/aromatic N) is 2.